The number of benzene rings is 1. The van der Waals surface area contributed by atoms with Crippen LogP contribution in [0.15, 0.2) is 41.8 Å². The van der Waals surface area contributed by atoms with Crippen LogP contribution in [0.4, 0.5) is 5.69 Å². The summed E-state index contributed by atoms with van der Waals surface area (Å²) < 4.78 is 2.42. The SMILES string of the molecule is CCN(C(=O)Cn1c(C(=O)O)cc2sccc21)c1cccc(CCCO)c1. The predicted molar refractivity (Wildman–Crippen MR) is 107 cm³/mol. The third-order valence-corrected chi connectivity index (χ3v) is 5.35. The minimum Gasteiger partial charge on any atom is -0.477 e. The summed E-state index contributed by atoms with van der Waals surface area (Å²) in [5.74, 6) is -1.21. The largest absolute Gasteiger partial charge is 0.477 e. The minimum atomic E-state index is -1.04. The molecule has 27 heavy (non-hydrogen) atoms. The molecule has 0 radical (unpaired) electrons. The van der Waals surface area contributed by atoms with Crippen LogP contribution < -0.4 is 4.90 Å². The molecule has 1 amide bonds. The molecule has 3 aromatic rings. The van der Waals surface area contributed by atoms with Crippen LogP contribution in [0.25, 0.3) is 10.2 Å². The van der Waals surface area contributed by atoms with Crippen molar-refractivity contribution < 1.29 is 19.8 Å². The quantitative estimate of drug-likeness (QED) is 0.622. The molecule has 3 rings (SSSR count). The van der Waals surface area contributed by atoms with E-state index in [1.807, 2.05) is 42.6 Å². The molecule has 0 aliphatic heterocycles. The van der Waals surface area contributed by atoms with Gasteiger partial charge in [-0.05, 0) is 55.0 Å². The second-order valence-electron chi connectivity index (χ2n) is 6.23. The average molecular weight is 386 g/mol. The van der Waals surface area contributed by atoms with E-state index in [2.05, 4.69) is 0 Å². The summed E-state index contributed by atoms with van der Waals surface area (Å²) in [7, 11) is 0. The molecule has 0 fully saturated rings. The summed E-state index contributed by atoms with van der Waals surface area (Å²) in [6, 6.07) is 11.1. The molecule has 0 unspecified atom stereocenters. The zero-order valence-corrected chi connectivity index (χ0v) is 15.9. The van der Waals surface area contributed by atoms with Crippen LogP contribution in [-0.4, -0.2) is 39.8 Å². The number of aliphatic hydroxyl groups is 1. The van der Waals surface area contributed by atoms with Crippen LogP contribution in [0, 0.1) is 0 Å². The Morgan fingerprint density at radius 2 is 2.04 bits per heavy atom. The number of carboxylic acids is 1. The van der Waals surface area contributed by atoms with E-state index in [-0.39, 0.29) is 24.8 Å². The van der Waals surface area contributed by atoms with E-state index in [0.29, 0.717) is 13.0 Å². The normalized spacial score (nSPS) is 11.0. The summed E-state index contributed by atoms with van der Waals surface area (Å²) in [5, 5.41) is 20.4. The number of aromatic carboxylic acids is 1. The summed E-state index contributed by atoms with van der Waals surface area (Å²) in [4.78, 5) is 26.2. The lowest BCUT2D eigenvalue weighted by Gasteiger charge is -2.22. The van der Waals surface area contributed by atoms with E-state index >= 15 is 0 Å². The maximum Gasteiger partial charge on any atom is 0.352 e. The fourth-order valence-electron chi connectivity index (χ4n) is 3.21. The minimum absolute atomic E-state index is 0.0312. The van der Waals surface area contributed by atoms with Crippen molar-refractivity contribution in [3.05, 3.63) is 53.0 Å². The third-order valence-electron chi connectivity index (χ3n) is 4.50. The Morgan fingerprint density at radius 3 is 2.74 bits per heavy atom. The predicted octanol–water partition coefficient (Wildman–Crippen LogP) is 3.38. The van der Waals surface area contributed by atoms with Gasteiger partial charge in [0.25, 0.3) is 0 Å². The Labute approximate surface area is 161 Å². The topological polar surface area (TPSA) is 82.8 Å². The summed E-state index contributed by atoms with van der Waals surface area (Å²) in [6.45, 7) is 2.48. The lowest BCUT2D eigenvalue weighted by molar-refractivity contribution is -0.119. The van der Waals surface area contributed by atoms with Crippen molar-refractivity contribution in [2.45, 2.75) is 26.3 Å². The van der Waals surface area contributed by atoms with E-state index < -0.39 is 5.97 Å². The van der Waals surface area contributed by atoms with E-state index in [0.717, 1.165) is 27.9 Å². The van der Waals surface area contributed by atoms with Crippen LogP contribution in [0.2, 0.25) is 0 Å². The number of fused-ring (bicyclic) bond motifs is 1. The summed E-state index contributed by atoms with van der Waals surface area (Å²) >= 11 is 1.46. The number of carbonyl (C=O) groups is 2. The van der Waals surface area contributed by atoms with Gasteiger partial charge in [-0.3, -0.25) is 4.79 Å². The Bertz CT molecular complexity index is 960. The van der Waals surface area contributed by atoms with Crippen molar-refractivity contribution in [2.24, 2.45) is 0 Å². The molecular formula is C20H22N2O4S. The van der Waals surface area contributed by atoms with Crippen molar-refractivity contribution in [1.29, 1.82) is 0 Å². The molecule has 142 valence electrons. The highest BCUT2D eigenvalue weighted by Gasteiger charge is 2.21. The van der Waals surface area contributed by atoms with Gasteiger partial charge in [-0.25, -0.2) is 4.79 Å². The molecule has 1 aromatic carbocycles. The lowest BCUT2D eigenvalue weighted by atomic mass is 10.1. The monoisotopic (exact) mass is 386 g/mol. The summed E-state index contributed by atoms with van der Waals surface area (Å²) in [5.41, 5.74) is 2.72. The van der Waals surface area contributed by atoms with Crippen molar-refractivity contribution in [2.75, 3.05) is 18.1 Å². The van der Waals surface area contributed by atoms with Gasteiger partial charge >= 0.3 is 5.97 Å². The van der Waals surface area contributed by atoms with E-state index in [9.17, 15) is 14.7 Å². The molecule has 2 N–H and O–H groups in total. The van der Waals surface area contributed by atoms with Crippen LogP contribution >= 0.6 is 11.3 Å². The van der Waals surface area contributed by atoms with E-state index in [4.69, 9.17) is 5.11 Å². The second-order valence-corrected chi connectivity index (χ2v) is 7.17. The molecule has 0 aliphatic rings. The molecular weight excluding hydrogens is 364 g/mol. The van der Waals surface area contributed by atoms with Gasteiger partial charge in [0.05, 0.1) is 10.2 Å². The first-order valence-electron chi connectivity index (χ1n) is 8.85. The number of nitrogens with zero attached hydrogens (tertiary/aromatic N) is 2. The molecule has 6 nitrogen and oxygen atoms in total. The van der Waals surface area contributed by atoms with Gasteiger partial charge in [0, 0.05) is 18.8 Å². The van der Waals surface area contributed by atoms with Crippen molar-refractivity contribution in [1.82, 2.24) is 4.57 Å². The zero-order chi connectivity index (χ0) is 19.4. The van der Waals surface area contributed by atoms with Gasteiger partial charge in [0.15, 0.2) is 0 Å². The number of rotatable bonds is 8. The van der Waals surface area contributed by atoms with Crippen LogP contribution in [0.1, 0.15) is 29.4 Å². The number of aryl methyl sites for hydroxylation is 1. The molecule has 0 saturated carbocycles. The lowest BCUT2D eigenvalue weighted by Crippen LogP contribution is -2.34. The van der Waals surface area contributed by atoms with E-state index in [1.54, 1.807) is 15.5 Å². The Kier molecular flexibility index (Phi) is 5.93. The van der Waals surface area contributed by atoms with Gasteiger partial charge in [-0.15, -0.1) is 11.3 Å². The average Bonchev–Trinajstić information content (AvgIpc) is 3.23. The highest BCUT2D eigenvalue weighted by atomic mass is 32.1. The highest BCUT2D eigenvalue weighted by molar-refractivity contribution is 7.17. The molecule has 0 spiro atoms. The van der Waals surface area contributed by atoms with Crippen LogP contribution in [-0.2, 0) is 17.8 Å². The van der Waals surface area contributed by atoms with Crippen molar-refractivity contribution >= 4 is 39.1 Å². The standard InChI is InChI=1S/C20H22N2O4S/c1-2-21(15-7-3-5-14(11-15)6-4-9-23)19(24)13-22-16-8-10-27-18(16)12-17(22)20(25)26/h3,5,7-8,10-12,23H,2,4,6,9,13H2,1H3,(H,25,26). The zero-order valence-electron chi connectivity index (χ0n) is 15.1. The number of carboxylic acid groups (broad SMARTS) is 1. The van der Waals surface area contributed by atoms with Crippen molar-refractivity contribution in [3.63, 3.8) is 0 Å². The first-order chi connectivity index (χ1) is 13.0. The molecule has 2 aromatic heterocycles. The fraction of sp³-hybridized carbons (Fsp3) is 0.300. The number of aromatic nitrogens is 1. The summed E-state index contributed by atoms with van der Waals surface area (Å²) in [6.07, 6.45) is 1.41. The number of hydrogen-bond donors (Lipinski definition) is 2. The number of amides is 1. The first-order valence-corrected chi connectivity index (χ1v) is 9.73. The maximum absolute atomic E-state index is 13.0. The molecule has 0 atom stereocenters. The van der Waals surface area contributed by atoms with E-state index in [1.165, 1.54) is 11.3 Å². The molecule has 0 saturated heterocycles. The highest BCUT2D eigenvalue weighted by Crippen LogP contribution is 2.26. The van der Waals surface area contributed by atoms with Crippen molar-refractivity contribution in [3.8, 4) is 0 Å². The van der Waals surface area contributed by atoms with Crippen LogP contribution in [0.5, 0.6) is 0 Å². The Hall–Kier alpha value is -2.64. The van der Waals surface area contributed by atoms with Gasteiger partial charge in [-0.2, -0.15) is 0 Å². The Balaban J connectivity index is 1.87. The first kappa shape index (κ1) is 19.1. The number of likely N-dealkylation sites (N-methyl/N-ethyl adjacent to an activating group) is 1. The Morgan fingerprint density at radius 1 is 1.22 bits per heavy atom. The van der Waals surface area contributed by atoms with Gasteiger partial charge in [0.2, 0.25) is 5.91 Å². The fourth-order valence-corrected chi connectivity index (χ4v) is 4.03. The number of anilines is 1. The van der Waals surface area contributed by atoms with Crippen LogP contribution in [0.3, 0.4) is 0 Å². The number of thiophene rings is 1. The van der Waals surface area contributed by atoms with Gasteiger partial charge in [-0.1, -0.05) is 12.1 Å². The second kappa shape index (κ2) is 8.37. The number of hydrogen-bond acceptors (Lipinski definition) is 4. The maximum atomic E-state index is 13.0. The molecule has 7 heteroatoms. The smallest absolute Gasteiger partial charge is 0.352 e. The molecule has 0 aliphatic carbocycles. The number of aliphatic hydroxyl groups excluding tert-OH is 1. The number of carbonyl (C=O) groups excluding carboxylic acids is 1. The molecule has 2 heterocycles. The molecule has 0 bridgehead atoms. The van der Waals surface area contributed by atoms with Gasteiger partial charge in [0.1, 0.15) is 12.2 Å². The third kappa shape index (κ3) is 4.04. The van der Waals surface area contributed by atoms with Gasteiger partial charge < -0.3 is 19.7 Å².